The number of aliphatic hydroxyl groups excluding tert-OH is 1. The third-order valence-corrected chi connectivity index (χ3v) is 3.84. The predicted molar refractivity (Wildman–Crippen MR) is 68.6 cm³/mol. The Morgan fingerprint density at radius 3 is 2.83 bits per heavy atom. The topological polar surface area (TPSA) is 45.2 Å². The van der Waals surface area contributed by atoms with E-state index in [2.05, 4.69) is 17.2 Å². The number of hydrogen-bond donors (Lipinski definition) is 2. The molecule has 0 amide bonds. The molecule has 1 aliphatic heterocycles. The fourth-order valence-electron chi connectivity index (χ4n) is 2.64. The molecule has 2 N–H and O–H groups in total. The molecule has 18 heavy (non-hydrogen) atoms. The fourth-order valence-corrected chi connectivity index (χ4v) is 2.64. The number of rotatable bonds is 3. The van der Waals surface area contributed by atoms with Crippen molar-refractivity contribution in [3.05, 3.63) is 29.8 Å². The molecule has 2 rings (SSSR count). The highest BCUT2D eigenvalue weighted by Crippen LogP contribution is 2.28. The summed E-state index contributed by atoms with van der Waals surface area (Å²) in [5, 5.41) is 13.8. The Labute approximate surface area is 107 Å². The van der Waals surface area contributed by atoms with Crippen molar-refractivity contribution in [2.24, 2.45) is 5.92 Å². The van der Waals surface area contributed by atoms with Crippen molar-refractivity contribution in [2.45, 2.75) is 51.3 Å². The van der Waals surface area contributed by atoms with Gasteiger partial charge in [0.2, 0.25) is 0 Å². The minimum absolute atomic E-state index is 0.0747. The Balaban J connectivity index is 2.03. The van der Waals surface area contributed by atoms with E-state index in [0.717, 1.165) is 12.6 Å². The van der Waals surface area contributed by atoms with Crippen LogP contribution in [0.2, 0.25) is 0 Å². The third-order valence-electron chi connectivity index (χ3n) is 3.84. The van der Waals surface area contributed by atoms with Gasteiger partial charge in [0.05, 0.1) is 18.0 Å². The maximum atomic E-state index is 12.8. The standard InChI is InChI=1S/C14H21FN2O/c1-9-4-3-5-12(17-9)10(2)14(18)13-7-6-11(15)8-16-13/h6-10,12,14,17-18H,3-5H2,1-2H3. The van der Waals surface area contributed by atoms with Crippen molar-refractivity contribution < 1.29 is 9.50 Å². The van der Waals surface area contributed by atoms with Crippen LogP contribution < -0.4 is 5.32 Å². The van der Waals surface area contributed by atoms with Crippen LogP contribution in [0.4, 0.5) is 4.39 Å². The molecule has 4 heteroatoms. The highest BCUT2D eigenvalue weighted by atomic mass is 19.1. The second kappa shape index (κ2) is 5.76. The lowest BCUT2D eigenvalue weighted by Gasteiger charge is -2.35. The highest BCUT2D eigenvalue weighted by Gasteiger charge is 2.29. The molecular weight excluding hydrogens is 231 g/mol. The third kappa shape index (κ3) is 3.06. The van der Waals surface area contributed by atoms with Crippen LogP contribution in [0.5, 0.6) is 0 Å². The minimum atomic E-state index is -0.645. The molecular formula is C14H21FN2O. The van der Waals surface area contributed by atoms with Gasteiger partial charge in [-0.25, -0.2) is 4.39 Å². The van der Waals surface area contributed by atoms with Gasteiger partial charge in [-0.05, 0) is 31.9 Å². The summed E-state index contributed by atoms with van der Waals surface area (Å²) in [5.41, 5.74) is 0.545. The van der Waals surface area contributed by atoms with Crippen LogP contribution in [0.15, 0.2) is 18.3 Å². The molecule has 2 heterocycles. The summed E-state index contributed by atoms with van der Waals surface area (Å²) in [7, 11) is 0. The van der Waals surface area contributed by atoms with Crippen molar-refractivity contribution in [2.75, 3.05) is 0 Å². The van der Waals surface area contributed by atoms with Gasteiger partial charge in [0.25, 0.3) is 0 Å². The molecule has 0 spiro atoms. The lowest BCUT2D eigenvalue weighted by molar-refractivity contribution is 0.0775. The molecule has 0 aliphatic carbocycles. The van der Waals surface area contributed by atoms with Crippen LogP contribution in [0.25, 0.3) is 0 Å². The molecule has 0 saturated carbocycles. The number of halogens is 1. The molecule has 1 aromatic rings. The maximum Gasteiger partial charge on any atom is 0.141 e. The number of nitrogens with one attached hydrogen (secondary N) is 1. The van der Waals surface area contributed by atoms with Gasteiger partial charge in [-0.2, -0.15) is 0 Å². The molecule has 100 valence electrons. The van der Waals surface area contributed by atoms with Gasteiger partial charge in [-0.15, -0.1) is 0 Å². The molecule has 0 aromatic carbocycles. The number of nitrogens with zero attached hydrogens (tertiary/aromatic N) is 1. The average Bonchev–Trinajstić information content (AvgIpc) is 2.38. The van der Waals surface area contributed by atoms with Crippen LogP contribution in [-0.2, 0) is 0 Å². The Bertz CT molecular complexity index is 382. The van der Waals surface area contributed by atoms with Crippen molar-refractivity contribution in [3.63, 3.8) is 0 Å². The molecule has 0 bridgehead atoms. The van der Waals surface area contributed by atoms with Crippen molar-refractivity contribution in [1.29, 1.82) is 0 Å². The molecule has 1 fully saturated rings. The fraction of sp³-hybridized carbons (Fsp3) is 0.643. The Kier molecular flexibility index (Phi) is 4.30. The minimum Gasteiger partial charge on any atom is -0.386 e. The molecule has 3 nitrogen and oxygen atoms in total. The second-order valence-corrected chi connectivity index (χ2v) is 5.31. The first kappa shape index (κ1) is 13.4. The van der Waals surface area contributed by atoms with Crippen molar-refractivity contribution >= 4 is 0 Å². The van der Waals surface area contributed by atoms with Gasteiger partial charge in [0, 0.05) is 18.0 Å². The number of aromatic nitrogens is 1. The Morgan fingerprint density at radius 2 is 2.22 bits per heavy atom. The van der Waals surface area contributed by atoms with E-state index in [1.165, 1.54) is 18.9 Å². The first-order valence-electron chi connectivity index (χ1n) is 6.63. The van der Waals surface area contributed by atoms with E-state index in [9.17, 15) is 9.50 Å². The lowest BCUT2D eigenvalue weighted by Crippen LogP contribution is -2.45. The van der Waals surface area contributed by atoms with Crippen molar-refractivity contribution in [3.8, 4) is 0 Å². The molecule has 4 atom stereocenters. The van der Waals surface area contributed by atoms with Crippen LogP contribution in [-0.4, -0.2) is 22.2 Å². The quantitative estimate of drug-likeness (QED) is 0.868. The number of pyridine rings is 1. The zero-order valence-corrected chi connectivity index (χ0v) is 10.9. The Morgan fingerprint density at radius 1 is 1.44 bits per heavy atom. The van der Waals surface area contributed by atoms with E-state index >= 15 is 0 Å². The Hall–Kier alpha value is -1.00. The SMILES string of the molecule is CC1CCCC(C(C)C(O)c2ccc(F)cn2)N1. The van der Waals surface area contributed by atoms with E-state index in [1.54, 1.807) is 6.07 Å². The summed E-state index contributed by atoms with van der Waals surface area (Å²) < 4.78 is 12.8. The number of hydrogen-bond acceptors (Lipinski definition) is 3. The summed E-state index contributed by atoms with van der Waals surface area (Å²) in [6, 6.07) is 3.70. The van der Waals surface area contributed by atoms with Gasteiger partial charge in [0.1, 0.15) is 5.82 Å². The van der Waals surface area contributed by atoms with E-state index in [0.29, 0.717) is 17.8 Å². The monoisotopic (exact) mass is 252 g/mol. The normalized spacial score (nSPS) is 27.8. The summed E-state index contributed by atoms with van der Waals surface area (Å²) in [5.74, 6) is -0.297. The zero-order valence-electron chi connectivity index (χ0n) is 10.9. The van der Waals surface area contributed by atoms with E-state index in [-0.39, 0.29) is 11.7 Å². The summed E-state index contributed by atoms with van der Waals surface area (Å²) in [6.45, 7) is 4.19. The summed E-state index contributed by atoms with van der Waals surface area (Å²) in [6.07, 6.45) is 3.96. The van der Waals surface area contributed by atoms with Crippen LogP contribution >= 0.6 is 0 Å². The van der Waals surface area contributed by atoms with Crippen LogP contribution in [0.3, 0.4) is 0 Å². The van der Waals surface area contributed by atoms with Crippen LogP contribution in [0.1, 0.15) is 44.9 Å². The first-order valence-corrected chi connectivity index (χ1v) is 6.63. The van der Waals surface area contributed by atoms with E-state index in [1.807, 2.05) is 6.92 Å². The van der Waals surface area contributed by atoms with Crippen molar-refractivity contribution in [1.82, 2.24) is 10.3 Å². The van der Waals surface area contributed by atoms with Gasteiger partial charge in [0.15, 0.2) is 0 Å². The highest BCUT2D eigenvalue weighted by molar-refractivity contribution is 5.09. The van der Waals surface area contributed by atoms with Crippen LogP contribution in [0, 0.1) is 11.7 Å². The molecule has 4 unspecified atom stereocenters. The predicted octanol–water partition coefficient (Wildman–Crippen LogP) is 2.42. The molecule has 1 saturated heterocycles. The largest absolute Gasteiger partial charge is 0.386 e. The smallest absolute Gasteiger partial charge is 0.141 e. The van der Waals surface area contributed by atoms with Gasteiger partial charge in [-0.1, -0.05) is 13.3 Å². The number of aliphatic hydroxyl groups is 1. The molecule has 1 aliphatic rings. The average molecular weight is 252 g/mol. The van der Waals surface area contributed by atoms with Gasteiger partial charge in [-0.3, -0.25) is 4.98 Å². The molecule has 0 radical (unpaired) electrons. The summed E-state index contributed by atoms with van der Waals surface area (Å²) >= 11 is 0. The first-order chi connectivity index (χ1) is 8.58. The van der Waals surface area contributed by atoms with Gasteiger partial charge < -0.3 is 10.4 Å². The molecule has 1 aromatic heterocycles. The van der Waals surface area contributed by atoms with E-state index in [4.69, 9.17) is 0 Å². The van der Waals surface area contributed by atoms with Gasteiger partial charge >= 0.3 is 0 Å². The summed E-state index contributed by atoms with van der Waals surface area (Å²) in [4.78, 5) is 3.96. The second-order valence-electron chi connectivity index (χ2n) is 5.31. The van der Waals surface area contributed by atoms with E-state index < -0.39 is 6.10 Å². The number of piperidine rings is 1. The lowest BCUT2D eigenvalue weighted by atomic mass is 9.86. The maximum absolute atomic E-state index is 12.8. The zero-order chi connectivity index (χ0) is 13.1.